The number of rotatable bonds is 5. The molecule has 152 valence electrons. The summed E-state index contributed by atoms with van der Waals surface area (Å²) in [6.45, 7) is 1.09. The first-order chi connectivity index (χ1) is 14.3. The number of nitrogens with zero attached hydrogens (tertiary/aromatic N) is 2. The lowest BCUT2D eigenvalue weighted by Gasteiger charge is -2.23. The Bertz CT molecular complexity index is 1220. The summed E-state index contributed by atoms with van der Waals surface area (Å²) in [4.78, 5) is 30.4. The van der Waals surface area contributed by atoms with Crippen LogP contribution >= 0.6 is 0 Å². The van der Waals surface area contributed by atoms with Gasteiger partial charge in [-0.05, 0) is 54.4 Å². The summed E-state index contributed by atoms with van der Waals surface area (Å²) in [5.74, 6) is -1.61. The molecule has 0 saturated heterocycles. The second-order valence-corrected chi connectivity index (χ2v) is 9.13. The van der Waals surface area contributed by atoms with Crippen LogP contribution in [0.1, 0.15) is 37.1 Å². The van der Waals surface area contributed by atoms with Crippen LogP contribution in [0.4, 0.5) is 4.39 Å². The number of amides is 2. The lowest BCUT2D eigenvalue weighted by molar-refractivity contribution is 0.0654. The molecule has 8 heteroatoms. The fourth-order valence-electron chi connectivity index (χ4n) is 3.48. The van der Waals surface area contributed by atoms with Crippen LogP contribution in [0.2, 0.25) is 0 Å². The first-order valence-electron chi connectivity index (χ1n) is 9.16. The van der Waals surface area contributed by atoms with E-state index in [0.29, 0.717) is 5.56 Å². The number of carbonyl (C=O) groups excluding carboxylic acids is 2. The quantitative estimate of drug-likeness (QED) is 0.463. The molecule has 0 N–H and O–H groups in total. The number of benzene rings is 2. The van der Waals surface area contributed by atoms with E-state index >= 15 is 0 Å². The summed E-state index contributed by atoms with van der Waals surface area (Å²) in [5.41, 5.74) is 0.989. The molecular formula is C22H17FN2O4S. The lowest BCUT2D eigenvalue weighted by atomic mass is 10.1. The minimum atomic E-state index is -4.07. The topological polar surface area (TPSA) is 84.4 Å². The molecule has 0 saturated carbocycles. The Hall–Kier alpha value is -3.39. The van der Waals surface area contributed by atoms with Crippen LogP contribution in [0.15, 0.2) is 71.9 Å². The molecule has 1 aromatic heterocycles. The molecule has 6 nitrogen and oxygen atoms in total. The van der Waals surface area contributed by atoms with E-state index in [0.717, 1.165) is 11.0 Å². The highest BCUT2D eigenvalue weighted by atomic mass is 32.2. The summed E-state index contributed by atoms with van der Waals surface area (Å²) in [6, 6.07) is 13.0. The third kappa shape index (κ3) is 3.29. The maximum Gasteiger partial charge on any atom is 0.261 e. The zero-order chi connectivity index (χ0) is 21.5. The highest BCUT2D eigenvalue weighted by Crippen LogP contribution is 2.33. The predicted octanol–water partition coefficient (Wildman–Crippen LogP) is 3.34. The van der Waals surface area contributed by atoms with Crippen molar-refractivity contribution >= 4 is 21.7 Å². The molecule has 0 radical (unpaired) electrons. The number of imide groups is 1. The number of carbonyl (C=O) groups is 2. The van der Waals surface area contributed by atoms with Gasteiger partial charge in [0.15, 0.2) is 9.84 Å². The third-order valence-electron chi connectivity index (χ3n) is 5.12. The molecule has 1 aliphatic heterocycles. The third-order valence-corrected chi connectivity index (χ3v) is 7.20. The van der Waals surface area contributed by atoms with Crippen molar-refractivity contribution in [3.63, 3.8) is 0 Å². The maximum atomic E-state index is 13.7. The van der Waals surface area contributed by atoms with Gasteiger partial charge in [0.25, 0.3) is 11.8 Å². The van der Waals surface area contributed by atoms with Crippen molar-refractivity contribution < 1.29 is 22.4 Å². The van der Waals surface area contributed by atoms with Crippen LogP contribution in [0.5, 0.6) is 0 Å². The summed E-state index contributed by atoms with van der Waals surface area (Å²) in [5, 5.41) is -1.25. The van der Waals surface area contributed by atoms with E-state index in [1.54, 1.807) is 24.3 Å². The van der Waals surface area contributed by atoms with E-state index in [1.165, 1.54) is 43.6 Å². The smallest absolute Gasteiger partial charge is 0.261 e. The number of halogens is 1. The van der Waals surface area contributed by atoms with Crippen molar-refractivity contribution in [1.29, 1.82) is 0 Å². The molecular weight excluding hydrogens is 407 g/mol. The molecule has 2 aromatic carbocycles. The van der Waals surface area contributed by atoms with Crippen LogP contribution in [-0.2, 0) is 9.84 Å². The van der Waals surface area contributed by atoms with Gasteiger partial charge in [-0.3, -0.25) is 19.5 Å². The average Bonchev–Trinajstić information content (AvgIpc) is 2.99. The number of hydrogen-bond acceptors (Lipinski definition) is 5. The number of pyridine rings is 1. The van der Waals surface area contributed by atoms with Gasteiger partial charge in [0.05, 0.1) is 22.6 Å². The molecule has 0 aliphatic carbocycles. The van der Waals surface area contributed by atoms with Crippen LogP contribution in [0.25, 0.3) is 0 Å². The van der Waals surface area contributed by atoms with E-state index in [-0.39, 0.29) is 28.1 Å². The van der Waals surface area contributed by atoms with Crippen molar-refractivity contribution in [3.8, 4) is 0 Å². The largest absolute Gasteiger partial charge is 0.273 e. The lowest BCUT2D eigenvalue weighted by Crippen LogP contribution is -2.36. The fraction of sp³-hybridized carbons (Fsp3) is 0.136. The molecule has 4 rings (SSSR count). The average molecular weight is 424 g/mol. The van der Waals surface area contributed by atoms with Gasteiger partial charge in [-0.2, -0.15) is 0 Å². The van der Waals surface area contributed by atoms with Crippen LogP contribution in [-0.4, -0.2) is 36.7 Å². The number of hydrogen-bond donors (Lipinski definition) is 0. The second-order valence-electron chi connectivity index (χ2n) is 7.00. The molecule has 0 bridgehead atoms. The summed E-state index contributed by atoms with van der Waals surface area (Å²) >= 11 is 0. The highest BCUT2D eigenvalue weighted by Gasteiger charge is 2.40. The number of fused-ring (bicyclic) bond motifs is 1. The first-order valence-corrected chi connectivity index (χ1v) is 10.7. The predicted molar refractivity (Wildman–Crippen MR) is 107 cm³/mol. The van der Waals surface area contributed by atoms with Gasteiger partial charge < -0.3 is 0 Å². The zero-order valence-electron chi connectivity index (χ0n) is 15.9. The van der Waals surface area contributed by atoms with E-state index < -0.39 is 32.7 Å². The molecule has 3 aromatic rings. The molecule has 1 aliphatic rings. The monoisotopic (exact) mass is 424 g/mol. The first kappa shape index (κ1) is 19.9. The summed E-state index contributed by atoms with van der Waals surface area (Å²) < 4.78 is 40.6. The standard InChI is InChI=1S/C22H17FN2O4S/c1-14-11-16(8-9-19(14)23)30(28,29)20(15-5-4-10-24-12-15)13-25-21(26)17-6-2-3-7-18(17)22(25)27/h2-12,20H,13H2,1H3. The van der Waals surface area contributed by atoms with Crippen molar-refractivity contribution in [2.75, 3.05) is 6.54 Å². The normalized spacial score (nSPS) is 14.7. The van der Waals surface area contributed by atoms with Gasteiger partial charge in [-0.15, -0.1) is 0 Å². The van der Waals surface area contributed by atoms with Crippen molar-refractivity contribution in [2.24, 2.45) is 0 Å². The van der Waals surface area contributed by atoms with Crippen molar-refractivity contribution in [3.05, 3.63) is 95.1 Å². The zero-order valence-corrected chi connectivity index (χ0v) is 16.8. The molecule has 2 amide bonds. The van der Waals surface area contributed by atoms with Gasteiger partial charge in [0, 0.05) is 12.4 Å². The van der Waals surface area contributed by atoms with E-state index in [4.69, 9.17) is 0 Å². The Morgan fingerprint density at radius 3 is 2.23 bits per heavy atom. The van der Waals surface area contributed by atoms with Crippen LogP contribution in [0.3, 0.4) is 0 Å². The van der Waals surface area contributed by atoms with E-state index in [9.17, 15) is 22.4 Å². The molecule has 1 atom stereocenters. The van der Waals surface area contributed by atoms with Gasteiger partial charge in [0.1, 0.15) is 11.1 Å². The highest BCUT2D eigenvalue weighted by molar-refractivity contribution is 7.91. The molecule has 0 fully saturated rings. The molecule has 30 heavy (non-hydrogen) atoms. The Morgan fingerprint density at radius 2 is 1.67 bits per heavy atom. The maximum absolute atomic E-state index is 13.7. The molecule has 1 unspecified atom stereocenters. The molecule has 0 spiro atoms. The van der Waals surface area contributed by atoms with Gasteiger partial charge in [-0.25, -0.2) is 12.8 Å². The Balaban J connectivity index is 1.78. The van der Waals surface area contributed by atoms with Crippen LogP contribution < -0.4 is 0 Å². The van der Waals surface area contributed by atoms with E-state index in [1.807, 2.05) is 0 Å². The SMILES string of the molecule is Cc1cc(S(=O)(=O)C(CN2C(=O)c3ccccc3C2=O)c2cccnc2)ccc1F. The Morgan fingerprint density at radius 1 is 1.00 bits per heavy atom. The summed E-state index contributed by atoms with van der Waals surface area (Å²) in [7, 11) is -4.07. The van der Waals surface area contributed by atoms with Gasteiger partial charge in [-0.1, -0.05) is 18.2 Å². The Kier molecular flexibility index (Phi) is 4.95. The van der Waals surface area contributed by atoms with Gasteiger partial charge in [0.2, 0.25) is 0 Å². The van der Waals surface area contributed by atoms with Crippen LogP contribution in [0, 0.1) is 12.7 Å². The minimum absolute atomic E-state index is 0.0909. The van der Waals surface area contributed by atoms with Crippen molar-refractivity contribution in [2.45, 2.75) is 17.1 Å². The second kappa shape index (κ2) is 7.46. The van der Waals surface area contributed by atoms with E-state index in [2.05, 4.69) is 4.98 Å². The Labute approximate surface area is 172 Å². The van der Waals surface area contributed by atoms with Crippen molar-refractivity contribution in [1.82, 2.24) is 9.88 Å². The number of sulfone groups is 1. The van der Waals surface area contributed by atoms with Gasteiger partial charge >= 0.3 is 0 Å². The minimum Gasteiger partial charge on any atom is -0.273 e. The number of aryl methyl sites for hydroxylation is 1. The number of aromatic nitrogens is 1. The fourth-order valence-corrected chi connectivity index (χ4v) is 5.25. The summed E-state index contributed by atoms with van der Waals surface area (Å²) in [6.07, 6.45) is 2.88. The molecule has 2 heterocycles.